The van der Waals surface area contributed by atoms with Crippen molar-refractivity contribution >= 4 is 6.41 Å². The summed E-state index contributed by atoms with van der Waals surface area (Å²) in [6, 6.07) is 0. The number of hydrogen-bond acceptors (Lipinski definition) is 1. The molecule has 68 valence electrons. The zero-order valence-corrected chi connectivity index (χ0v) is 8.26. The number of nitrogens with zero attached hydrogens (tertiary/aromatic N) is 1. The standard InChI is InChI=1S/C6H14.C3H7NO/c1-3-5-6-4-2;1-4(2)3-5/h3-6H2,1-2H3;3H,1-2H3. The van der Waals surface area contributed by atoms with E-state index in [1.165, 1.54) is 30.6 Å². The van der Waals surface area contributed by atoms with Crippen molar-refractivity contribution in [2.45, 2.75) is 39.5 Å². The van der Waals surface area contributed by atoms with Gasteiger partial charge in [0.05, 0.1) is 0 Å². The summed E-state index contributed by atoms with van der Waals surface area (Å²) in [5.41, 5.74) is 0. The fourth-order valence-electron chi connectivity index (χ4n) is 0.500. The molecule has 0 aromatic rings. The Kier molecular flexibility index (Phi) is 14.5. The van der Waals surface area contributed by atoms with Gasteiger partial charge in [0.15, 0.2) is 0 Å². The summed E-state index contributed by atoms with van der Waals surface area (Å²) in [5, 5.41) is 0. The largest absolute Gasteiger partial charge is 0.351 e. The van der Waals surface area contributed by atoms with E-state index in [4.69, 9.17) is 0 Å². The lowest BCUT2D eigenvalue weighted by Gasteiger charge is -1.93. The van der Waals surface area contributed by atoms with Crippen molar-refractivity contribution in [2.75, 3.05) is 14.1 Å². The summed E-state index contributed by atoms with van der Waals surface area (Å²) in [6.07, 6.45) is 6.29. The average molecular weight is 159 g/mol. The summed E-state index contributed by atoms with van der Waals surface area (Å²) < 4.78 is 0. The van der Waals surface area contributed by atoms with Crippen molar-refractivity contribution in [3.05, 3.63) is 0 Å². The monoisotopic (exact) mass is 159 g/mol. The van der Waals surface area contributed by atoms with Gasteiger partial charge in [0.1, 0.15) is 0 Å². The third-order valence-corrected chi connectivity index (χ3v) is 1.17. The number of carbonyl (C=O) groups excluding carboxylic acids is 1. The van der Waals surface area contributed by atoms with Crippen molar-refractivity contribution in [2.24, 2.45) is 0 Å². The normalized spacial score (nSPS) is 8.00. The van der Waals surface area contributed by atoms with Gasteiger partial charge < -0.3 is 4.90 Å². The van der Waals surface area contributed by atoms with E-state index in [1.807, 2.05) is 0 Å². The zero-order chi connectivity index (χ0) is 9.11. The highest BCUT2D eigenvalue weighted by Crippen LogP contribution is 1.95. The molecule has 0 bridgehead atoms. The Hall–Kier alpha value is -0.530. The third-order valence-electron chi connectivity index (χ3n) is 1.17. The van der Waals surface area contributed by atoms with E-state index in [9.17, 15) is 4.79 Å². The van der Waals surface area contributed by atoms with Crippen molar-refractivity contribution < 1.29 is 4.79 Å². The van der Waals surface area contributed by atoms with Crippen LogP contribution in [0.25, 0.3) is 0 Å². The van der Waals surface area contributed by atoms with Crippen LogP contribution in [0, 0.1) is 0 Å². The second-order valence-corrected chi connectivity index (χ2v) is 2.78. The molecule has 0 rings (SSSR count). The van der Waals surface area contributed by atoms with Gasteiger partial charge in [-0.1, -0.05) is 39.5 Å². The molecular weight excluding hydrogens is 138 g/mol. The van der Waals surface area contributed by atoms with E-state index in [0.29, 0.717) is 0 Å². The highest BCUT2D eigenvalue weighted by atomic mass is 16.1. The van der Waals surface area contributed by atoms with Gasteiger partial charge in [-0.15, -0.1) is 0 Å². The quantitative estimate of drug-likeness (QED) is 0.455. The molecule has 0 N–H and O–H groups in total. The first kappa shape index (κ1) is 13.1. The maximum absolute atomic E-state index is 9.43. The Morgan fingerprint density at radius 3 is 1.45 bits per heavy atom. The molecule has 0 fully saturated rings. The molecule has 2 nitrogen and oxygen atoms in total. The average Bonchev–Trinajstić information content (AvgIpc) is 2.02. The Morgan fingerprint density at radius 1 is 1.09 bits per heavy atom. The number of rotatable bonds is 4. The molecule has 0 spiro atoms. The molecular formula is C9H21NO. The van der Waals surface area contributed by atoms with Crippen molar-refractivity contribution in [1.29, 1.82) is 0 Å². The van der Waals surface area contributed by atoms with Crippen molar-refractivity contribution in [3.8, 4) is 0 Å². The highest BCUT2D eigenvalue weighted by molar-refractivity contribution is 5.45. The first-order chi connectivity index (χ1) is 5.18. The van der Waals surface area contributed by atoms with Crippen molar-refractivity contribution in [1.82, 2.24) is 4.90 Å². The summed E-state index contributed by atoms with van der Waals surface area (Å²) in [7, 11) is 3.38. The van der Waals surface area contributed by atoms with Gasteiger partial charge in [-0.2, -0.15) is 0 Å². The Bertz CT molecular complexity index is 68.0. The van der Waals surface area contributed by atoms with Gasteiger partial charge in [-0.05, 0) is 0 Å². The highest BCUT2D eigenvalue weighted by Gasteiger charge is 1.75. The summed E-state index contributed by atoms with van der Waals surface area (Å²) in [6.45, 7) is 4.46. The molecule has 0 saturated heterocycles. The summed E-state index contributed by atoms with van der Waals surface area (Å²) in [5.74, 6) is 0. The van der Waals surface area contributed by atoms with Crippen molar-refractivity contribution in [3.63, 3.8) is 0 Å². The fourth-order valence-corrected chi connectivity index (χ4v) is 0.500. The lowest BCUT2D eigenvalue weighted by molar-refractivity contribution is -0.115. The predicted octanol–water partition coefficient (Wildman–Crippen LogP) is 2.29. The maximum Gasteiger partial charge on any atom is 0.209 e. The van der Waals surface area contributed by atoms with Crippen LogP contribution in [-0.2, 0) is 4.79 Å². The lowest BCUT2D eigenvalue weighted by Crippen LogP contribution is -2.06. The van der Waals surface area contributed by atoms with Gasteiger partial charge >= 0.3 is 0 Å². The van der Waals surface area contributed by atoms with Crippen LogP contribution in [0.2, 0.25) is 0 Å². The van der Waals surface area contributed by atoms with Gasteiger partial charge in [0.25, 0.3) is 0 Å². The Balaban J connectivity index is 0. The van der Waals surface area contributed by atoms with Crippen LogP contribution in [0.4, 0.5) is 0 Å². The van der Waals surface area contributed by atoms with Crippen LogP contribution in [0.1, 0.15) is 39.5 Å². The molecule has 0 unspecified atom stereocenters. The molecule has 0 aromatic carbocycles. The number of hydrogen-bond donors (Lipinski definition) is 0. The fraction of sp³-hybridized carbons (Fsp3) is 0.889. The van der Waals surface area contributed by atoms with Gasteiger partial charge in [-0.25, -0.2) is 0 Å². The Morgan fingerprint density at radius 2 is 1.36 bits per heavy atom. The topological polar surface area (TPSA) is 20.3 Å². The van der Waals surface area contributed by atoms with E-state index in [-0.39, 0.29) is 0 Å². The first-order valence-corrected chi connectivity index (χ1v) is 4.30. The molecule has 11 heavy (non-hydrogen) atoms. The summed E-state index contributed by atoms with van der Waals surface area (Å²) in [4.78, 5) is 10.9. The maximum atomic E-state index is 9.43. The SMILES string of the molecule is CCCCCC.CN(C)C=O. The lowest BCUT2D eigenvalue weighted by atomic mass is 10.2. The van der Waals surface area contributed by atoms with Crippen LogP contribution in [-0.4, -0.2) is 25.4 Å². The molecule has 0 aliphatic heterocycles. The molecule has 0 atom stereocenters. The molecule has 2 heteroatoms. The molecule has 0 radical (unpaired) electrons. The van der Waals surface area contributed by atoms with Gasteiger partial charge in [0.2, 0.25) is 6.41 Å². The number of amides is 1. The van der Waals surface area contributed by atoms with Crippen LogP contribution in [0.3, 0.4) is 0 Å². The van der Waals surface area contributed by atoms with E-state index in [1.54, 1.807) is 14.1 Å². The Labute approximate surface area is 70.6 Å². The summed E-state index contributed by atoms with van der Waals surface area (Å²) >= 11 is 0. The van der Waals surface area contributed by atoms with Crippen LogP contribution < -0.4 is 0 Å². The molecule has 0 aliphatic carbocycles. The molecule has 0 heterocycles. The number of carbonyl (C=O) groups is 1. The van der Waals surface area contributed by atoms with Crippen LogP contribution in [0.5, 0.6) is 0 Å². The molecule has 0 aliphatic rings. The second-order valence-electron chi connectivity index (χ2n) is 2.78. The van der Waals surface area contributed by atoms with E-state index < -0.39 is 0 Å². The smallest absolute Gasteiger partial charge is 0.209 e. The third kappa shape index (κ3) is 26.4. The molecule has 1 amide bonds. The predicted molar refractivity (Wildman–Crippen MR) is 49.6 cm³/mol. The minimum absolute atomic E-state index is 0.750. The van der Waals surface area contributed by atoms with Crippen LogP contribution in [0.15, 0.2) is 0 Å². The minimum Gasteiger partial charge on any atom is -0.351 e. The van der Waals surface area contributed by atoms with E-state index >= 15 is 0 Å². The van der Waals surface area contributed by atoms with Gasteiger partial charge in [0, 0.05) is 14.1 Å². The van der Waals surface area contributed by atoms with Gasteiger partial charge in [-0.3, -0.25) is 4.79 Å². The molecule has 0 saturated carbocycles. The van der Waals surface area contributed by atoms with Crippen LogP contribution >= 0.6 is 0 Å². The second kappa shape index (κ2) is 12.2. The zero-order valence-electron chi connectivity index (χ0n) is 8.26. The first-order valence-electron chi connectivity index (χ1n) is 4.30. The molecule has 0 aromatic heterocycles. The van der Waals surface area contributed by atoms with E-state index in [0.717, 1.165) is 6.41 Å². The van der Waals surface area contributed by atoms with E-state index in [2.05, 4.69) is 13.8 Å². The minimum atomic E-state index is 0.750. The number of unbranched alkanes of at least 4 members (excludes halogenated alkanes) is 3.